The lowest BCUT2D eigenvalue weighted by Crippen LogP contribution is -2.12. The molecule has 27 heavy (non-hydrogen) atoms. The number of rotatable bonds is 6. The van der Waals surface area contributed by atoms with Crippen LogP contribution in [0.25, 0.3) is 11.3 Å². The molecule has 0 spiro atoms. The molecule has 5 nitrogen and oxygen atoms in total. The number of hydrogen-bond acceptors (Lipinski definition) is 5. The van der Waals surface area contributed by atoms with Crippen LogP contribution in [0.4, 0.5) is 4.39 Å². The molecule has 3 rings (SSSR count). The molecule has 0 fully saturated rings. The maximum absolute atomic E-state index is 13.2. The number of aromatic hydroxyl groups is 1. The minimum absolute atomic E-state index is 0.0343. The summed E-state index contributed by atoms with van der Waals surface area (Å²) in [6.45, 7) is 4.14. The SMILES string of the molecule is C=CCN=c1scc(-c2ccc(F)cc2)n1N=Cc1ccc(OC)c(O)c1. The lowest BCUT2D eigenvalue weighted by molar-refractivity contribution is 0.373. The standard InChI is InChI=1S/C20H18FN3O2S/c1-3-10-22-20-24(17(13-27-20)15-5-7-16(21)8-6-15)23-12-14-4-9-19(26-2)18(25)11-14/h3-9,11-13,25H,1,10H2,2H3. The van der Waals surface area contributed by atoms with Crippen LogP contribution in [-0.4, -0.2) is 29.7 Å². The summed E-state index contributed by atoms with van der Waals surface area (Å²) in [4.78, 5) is 5.14. The molecule has 0 saturated heterocycles. The summed E-state index contributed by atoms with van der Waals surface area (Å²) >= 11 is 1.43. The van der Waals surface area contributed by atoms with E-state index < -0.39 is 0 Å². The first-order valence-corrected chi connectivity index (χ1v) is 8.99. The molecular weight excluding hydrogens is 365 g/mol. The van der Waals surface area contributed by atoms with Gasteiger partial charge in [-0.25, -0.2) is 9.07 Å². The maximum atomic E-state index is 13.2. The van der Waals surface area contributed by atoms with E-state index >= 15 is 0 Å². The molecule has 0 unspecified atom stereocenters. The summed E-state index contributed by atoms with van der Waals surface area (Å²) in [5.41, 5.74) is 2.31. The molecule has 0 radical (unpaired) electrons. The van der Waals surface area contributed by atoms with Gasteiger partial charge in [-0.3, -0.25) is 4.99 Å². The van der Waals surface area contributed by atoms with Gasteiger partial charge in [0.05, 0.1) is 25.6 Å². The highest BCUT2D eigenvalue weighted by Crippen LogP contribution is 2.26. The fraction of sp³-hybridized carbons (Fsp3) is 0.100. The van der Waals surface area contributed by atoms with E-state index in [4.69, 9.17) is 4.74 Å². The normalized spacial score (nSPS) is 11.9. The maximum Gasteiger partial charge on any atom is 0.206 e. The van der Waals surface area contributed by atoms with Crippen LogP contribution in [0.5, 0.6) is 11.5 Å². The molecular formula is C20H18FN3O2S. The summed E-state index contributed by atoms with van der Waals surface area (Å²) in [6, 6.07) is 11.2. The van der Waals surface area contributed by atoms with Crippen molar-refractivity contribution in [3.63, 3.8) is 0 Å². The average molecular weight is 383 g/mol. The quantitative estimate of drug-likeness (QED) is 0.516. The number of phenolic OH excluding ortho intramolecular Hbond substituents is 1. The Kier molecular flexibility index (Phi) is 5.83. The number of methoxy groups -OCH3 is 1. The third-order valence-corrected chi connectivity index (χ3v) is 4.56. The topological polar surface area (TPSA) is 59.1 Å². The number of nitrogens with zero attached hydrogens (tertiary/aromatic N) is 3. The largest absolute Gasteiger partial charge is 0.504 e. The summed E-state index contributed by atoms with van der Waals surface area (Å²) < 4.78 is 20.0. The van der Waals surface area contributed by atoms with Gasteiger partial charge in [-0.05, 0) is 48.0 Å². The zero-order valence-electron chi connectivity index (χ0n) is 14.7. The first-order chi connectivity index (χ1) is 13.1. The predicted molar refractivity (Wildman–Crippen MR) is 106 cm³/mol. The second-order valence-electron chi connectivity index (χ2n) is 5.53. The molecule has 2 aromatic carbocycles. The van der Waals surface area contributed by atoms with Crippen LogP contribution in [-0.2, 0) is 0 Å². The lowest BCUT2D eigenvalue weighted by Gasteiger charge is -2.05. The van der Waals surface area contributed by atoms with Crippen LogP contribution in [0, 0.1) is 5.82 Å². The van der Waals surface area contributed by atoms with E-state index in [-0.39, 0.29) is 11.6 Å². The number of phenols is 1. The Hall–Kier alpha value is -3.19. The van der Waals surface area contributed by atoms with E-state index in [0.717, 1.165) is 11.3 Å². The first-order valence-electron chi connectivity index (χ1n) is 8.11. The monoisotopic (exact) mass is 383 g/mol. The zero-order valence-corrected chi connectivity index (χ0v) is 15.5. The molecule has 138 valence electrons. The fourth-order valence-electron chi connectivity index (χ4n) is 2.39. The Morgan fingerprint density at radius 3 is 2.70 bits per heavy atom. The number of thiazole rings is 1. The van der Waals surface area contributed by atoms with Gasteiger partial charge in [0.15, 0.2) is 11.5 Å². The van der Waals surface area contributed by atoms with Gasteiger partial charge in [-0.1, -0.05) is 6.08 Å². The van der Waals surface area contributed by atoms with Crippen molar-refractivity contribution in [1.29, 1.82) is 0 Å². The van der Waals surface area contributed by atoms with Crippen molar-refractivity contribution >= 4 is 17.6 Å². The number of hydrogen-bond donors (Lipinski definition) is 1. The van der Waals surface area contributed by atoms with Crippen molar-refractivity contribution in [2.45, 2.75) is 0 Å². The molecule has 0 saturated carbocycles. The highest BCUT2D eigenvalue weighted by atomic mass is 32.1. The molecule has 0 aliphatic heterocycles. The van der Waals surface area contributed by atoms with Crippen molar-refractivity contribution < 1.29 is 14.2 Å². The highest BCUT2D eigenvalue weighted by Gasteiger charge is 2.08. The molecule has 1 N–H and O–H groups in total. The van der Waals surface area contributed by atoms with E-state index in [0.29, 0.717) is 22.7 Å². The molecule has 0 aliphatic rings. The Labute approximate surface area is 160 Å². The number of halogens is 1. The van der Waals surface area contributed by atoms with Gasteiger partial charge in [-0.15, -0.1) is 17.9 Å². The van der Waals surface area contributed by atoms with Crippen molar-refractivity contribution in [2.24, 2.45) is 10.1 Å². The minimum atomic E-state index is -0.297. The van der Waals surface area contributed by atoms with E-state index in [2.05, 4.69) is 16.7 Å². The molecule has 0 amide bonds. The van der Waals surface area contributed by atoms with E-state index in [9.17, 15) is 9.50 Å². The van der Waals surface area contributed by atoms with Crippen molar-refractivity contribution in [2.75, 3.05) is 13.7 Å². The molecule has 0 bridgehead atoms. The van der Waals surface area contributed by atoms with Gasteiger partial charge >= 0.3 is 0 Å². The molecule has 0 atom stereocenters. The lowest BCUT2D eigenvalue weighted by atomic mass is 10.2. The third kappa shape index (κ3) is 4.32. The summed E-state index contributed by atoms with van der Waals surface area (Å²) in [5, 5.41) is 16.3. The predicted octanol–water partition coefficient (Wildman–Crippen LogP) is 4.04. The van der Waals surface area contributed by atoms with Gasteiger partial charge in [0.2, 0.25) is 4.80 Å². The molecule has 1 aromatic heterocycles. The molecule has 3 aromatic rings. The smallest absolute Gasteiger partial charge is 0.206 e. The van der Waals surface area contributed by atoms with Gasteiger partial charge in [-0.2, -0.15) is 5.10 Å². The van der Waals surface area contributed by atoms with Gasteiger partial charge in [0, 0.05) is 10.9 Å². The van der Waals surface area contributed by atoms with Crippen LogP contribution < -0.4 is 9.54 Å². The second-order valence-corrected chi connectivity index (χ2v) is 6.36. The van der Waals surface area contributed by atoms with Crippen molar-refractivity contribution in [1.82, 2.24) is 4.68 Å². The Bertz CT molecular complexity index is 1040. The Balaban J connectivity index is 2.04. The van der Waals surface area contributed by atoms with Gasteiger partial charge in [0.25, 0.3) is 0 Å². The highest BCUT2D eigenvalue weighted by molar-refractivity contribution is 7.07. The van der Waals surface area contributed by atoms with Crippen LogP contribution in [0.15, 0.2) is 70.6 Å². The van der Waals surface area contributed by atoms with Crippen LogP contribution in [0.2, 0.25) is 0 Å². The first kappa shape index (κ1) is 18.6. The number of ether oxygens (including phenoxy) is 1. The van der Waals surface area contributed by atoms with Crippen LogP contribution in [0.1, 0.15) is 5.56 Å². The van der Waals surface area contributed by atoms with Crippen LogP contribution in [0.3, 0.4) is 0 Å². The Morgan fingerprint density at radius 1 is 1.26 bits per heavy atom. The van der Waals surface area contributed by atoms with Crippen molar-refractivity contribution in [3.8, 4) is 22.8 Å². The fourth-order valence-corrected chi connectivity index (χ4v) is 3.24. The summed E-state index contributed by atoms with van der Waals surface area (Å²) in [7, 11) is 1.49. The van der Waals surface area contributed by atoms with E-state index in [1.54, 1.807) is 47.3 Å². The van der Waals surface area contributed by atoms with Gasteiger partial charge in [0.1, 0.15) is 5.82 Å². The summed E-state index contributed by atoms with van der Waals surface area (Å²) in [5.74, 6) is 0.130. The zero-order chi connectivity index (χ0) is 19.2. The molecule has 7 heteroatoms. The van der Waals surface area contributed by atoms with E-state index in [1.807, 2.05) is 5.38 Å². The van der Waals surface area contributed by atoms with Gasteiger partial charge < -0.3 is 9.84 Å². The summed E-state index contributed by atoms with van der Waals surface area (Å²) in [6.07, 6.45) is 3.32. The van der Waals surface area contributed by atoms with E-state index in [1.165, 1.54) is 30.6 Å². The number of aromatic nitrogens is 1. The average Bonchev–Trinajstić information content (AvgIpc) is 3.08. The number of benzene rings is 2. The Morgan fingerprint density at radius 2 is 2.04 bits per heavy atom. The molecule has 0 aliphatic carbocycles. The molecule has 1 heterocycles. The minimum Gasteiger partial charge on any atom is -0.504 e. The van der Waals surface area contributed by atoms with Crippen molar-refractivity contribution in [3.05, 3.63) is 76.7 Å². The van der Waals surface area contributed by atoms with Crippen LogP contribution >= 0.6 is 11.3 Å². The second kappa shape index (κ2) is 8.46. The third-order valence-electron chi connectivity index (χ3n) is 3.71.